The summed E-state index contributed by atoms with van der Waals surface area (Å²) in [5.74, 6) is 0.932. The van der Waals surface area contributed by atoms with Gasteiger partial charge in [-0.25, -0.2) is 0 Å². The fourth-order valence-corrected chi connectivity index (χ4v) is 2.67. The summed E-state index contributed by atoms with van der Waals surface area (Å²) in [4.78, 5) is 17.8. The predicted molar refractivity (Wildman–Crippen MR) is 73.3 cm³/mol. The van der Waals surface area contributed by atoms with Crippen LogP contribution in [0.5, 0.6) is 5.75 Å². The SMILES string of the molecule is O=C(Cc1ccsc1)N1CC(Oc2cccnc2)C1. The number of amides is 1. The number of thiophene rings is 1. The summed E-state index contributed by atoms with van der Waals surface area (Å²) in [5.41, 5.74) is 1.09. The number of carbonyl (C=O) groups excluding carboxylic acids is 1. The standard InChI is InChI=1S/C14H14N2O2S/c17-14(6-11-3-5-19-10-11)16-8-13(9-16)18-12-2-1-4-15-7-12/h1-5,7,10,13H,6,8-9H2. The number of aromatic nitrogens is 1. The lowest BCUT2D eigenvalue weighted by molar-refractivity contribution is -0.139. The molecule has 1 saturated heterocycles. The molecule has 1 amide bonds. The lowest BCUT2D eigenvalue weighted by Gasteiger charge is -2.38. The molecule has 2 aromatic rings. The minimum atomic E-state index is 0.0932. The molecule has 2 aromatic heterocycles. The van der Waals surface area contributed by atoms with Crippen molar-refractivity contribution in [2.24, 2.45) is 0 Å². The number of ether oxygens (including phenoxy) is 1. The van der Waals surface area contributed by atoms with E-state index in [2.05, 4.69) is 4.98 Å². The minimum Gasteiger partial charge on any atom is -0.485 e. The van der Waals surface area contributed by atoms with Gasteiger partial charge in [0.15, 0.2) is 0 Å². The van der Waals surface area contributed by atoms with Crippen LogP contribution in [0, 0.1) is 0 Å². The van der Waals surface area contributed by atoms with Crippen molar-refractivity contribution >= 4 is 17.2 Å². The molecule has 0 bridgehead atoms. The van der Waals surface area contributed by atoms with Gasteiger partial charge in [-0.05, 0) is 34.5 Å². The van der Waals surface area contributed by atoms with Crippen LogP contribution in [0.3, 0.4) is 0 Å². The van der Waals surface area contributed by atoms with Gasteiger partial charge in [-0.15, -0.1) is 0 Å². The van der Waals surface area contributed by atoms with Crippen LogP contribution in [0.1, 0.15) is 5.56 Å². The van der Waals surface area contributed by atoms with Gasteiger partial charge in [0.25, 0.3) is 0 Å². The second-order valence-corrected chi connectivity index (χ2v) is 5.32. The van der Waals surface area contributed by atoms with E-state index in [9.17, 15) is 4.79 Å². The molecular weight excluding hydrogens is 260 g/mol. The first-order valence-electron chi connectivity index (χ1n) is 6.17. The first kappa shape index (κ1) is 12.2. The number of carbonyl (C=O) groups is 1. The maximum Gasteiger partial charge on any atom is 0.227 e. The summed E-state index contributed by atoms with van der Waals surface area (Å²) in [5, 5.41) is 4.01. The third-order valence-electron chi connectivity index (χ3n) is 3.07. The van der Waals surface area contributed by atoms with Gasteiger partial charge in [-0.1, -0.05) is 0 Å². The van der Waals surface area contributed by atoms with E-state index in [1.807, 2.05) is 33.9 Å². The zero-order valence-corrected chi connectivity index (χ0v) is 11.2. The van der Waals surface area contributed by atoms with Crippen molar-refractivity contribution in [2.45, 2.75) is 12.5 Å². The lowest BCUT2D eigenvalue weighted by atomic mass is 10.1. The Morgan fingerprint density at radius 2 is 2.37 bits per heavy atom. The van der Waals surface area contributed by atoms with Gasteiger partial charge in [0, 0.05) is 6.20 Å². The van der Waals surface area contributed by atoms with E-state index in [1.165, 1.54) is 0 Å². The fourth-order valence-electron chi connectivity index (χ4n) is 2.01. The highest BCUT2D eigenvalue weighted by Gasteiger charge is 2.32. The molecule has 19 heavy (non-hydrogen) atoms. The normalized spacial score (nSPS) is 15.1. The van der Waals surface area contributed by atoms with Gasteiger partial charge in [0.05, 0.1) is 25.7 Å². The Labute approximate surface area is 115 Å². The first-order chi connectivity index (χ1) is 9.31. The summed E-state index contributed by atoms with van der Waals surface area (Å²) in [6.45, 7) is 1.33. The Balaban J connectivity index is 1.46. The van der Waals surface area contributed by atoms with Crippen LogP contribution in [0.15, 0.2) is 41.4 Å². The third kappa shape index (κ3) is 2.93. The number of hydrogen-bond acceptors (Lipinski definition) is 4. The second kappa shape index (κ2) is 5.40. The molecule has 1 aliphatic rings. The summed E-state index contributed by atoms with van der Waals surface area (Å²) in [6, 6.07) is 5.71. The maximum absolute atomic E-state index is 12.0. The van der Waals surface area contributed by atoms with E-state index in [1.54, 1.807) is 23.7 Å². The van der Waals surface area contributed by atoms with Crippen LogP contribution in [0.25, 0.3) is 0 Å². The van der Waals surface area contributed by atoms with E-state index in [0.29, 0.717) is 19.5 Å². The molecule has 5 heteroatoms. The maximum atomic E-state index is 12.0. The van der Waals surface area contributed by atoms with Gasteiger partial charge < -0.3 is 9.64 Å². The largest absolute Gasteiger partial charge is 0.485 e. The van der Waals surface area contributed by atoms with Crippen molar-refractivity contribution in [3.63, 3.8) is 0 Å². The Morgan fingerprint density at radius 1 is 1.47 bits per heavy atom. The predicted octanol–water partition coefficient (Wildman–Crippen LogP) is 1.98. The Morgan fingerprint density at radius 3 is 3.05 bits per heavy atom. The van der Waals surface area contributed by atoms with Gasteiger partial charge in [0.1, 0.15) is 11.9 Å². The molecule has 0 spiro atoms. The molecule has 1 fully saturated rings. The monoisotopic (exact) mass is 274 g/mol. The average Bonchev–Trinajstić information content (AvgIpc) is 2.87. The zero-order chi connectivity index (χ0) is 13.1. The fraction of sp³-hybridized carbons (Fsp3) is 0.286. The van der Waals surface area contributed by atoms with Gasteiger partial charge >= 0.3 is 0 Å². The Bertz CT molecular complexity index is 536. The molecule has 0 unspecified atom stereocenters. The van der Waals surface area contributed by atoms with Crippen LogP contribution in [0.4, 0.5) is 0 Å². The highest BCUT2D eigenvalue weighted by molar-refractivity contribution is 7.07. The quantitative estimate of drug-likeness (QED) is 0.856. The van der Waals surface area contributed by atoms with Gasteiger partial charge in [0.2, 0.25) is 5.91 Å². The van der Waals surface area contributed by atoms with Crippen LogP contribution in [0.2, 0.25) is 0 Å². The summed E-state index contributed by atoms with van der Waals surface area (Å²) < 4.78 is 5.71. The molecule has 0 radical (unpaired) electrons. The molecule has 3 heterocycles. The molecule has 0 aliphatic carbocycles. The summed E-state index contributed by atoms with van der Waals surface area (Å²) in [6.07, 6.45) is 3.99. The number of likely N-dealkylation sites (tertiary alicyclic amines) is 1. The second-order valence-electron chi connectivity index (χ2n) is 4.54. The van der Waals surface area contributed by atoms with Crippen LogP contribution < -0.4 is 4.74 Å². The zero-order valence-electron chi connectivity index (χ0n) is 10.4. The molecule has 0 saturated carbocycles. The summed E-state index contributed by atoms with van der Waals surface area (Å²) >= 11 is 1.62. The summed E-state index contributed by atoms with van der Waals surface area (Å²) in [7, 11) is 0. The number of nitrogens with zero attached hydrogens (tertiary/aromatic N) is 2. The molecular formula is C14H14N2O2S. The van der Waals surface area contributed by atoms with Crippen LogP contribution in [-0.4, -0.2) is 35.0 Å². The molecule has 4 nitrogen and oxygen atoms in total. The van der Waals surface area contributed by atoms with E-state index in [-0.39, 0.29) is 12.0 Å². The molecule has 1 aliphatic heterocycles. The Kier molecular flexibility index (Phi) is 3.46. The molecule has 3 rings (SSSR count). The highest BCUT2D eigenvalue weighted by atomic mass is 32.1. The third-order valence-corrected chi connectivity index (χ3v) is 3.81. The number of hydrogen-bond donors (Lipinski definition) is 0. The molecule has 0 aromatic carbocycles. The minimum absolute atomic E-state index is 0.0932. The van der Waals surface area contributed by atoms with Crippen molar-refractivity contribution in [1.82, 2.24) is 9.88 Å². The highest BCUT2D eigenvalue weighted by Crippen LogP contribution is 2.18. The smallest absolute Gasteiger partial charge is 0.227 e. The van der Waals surface area contributed by atoms with Gasteiger partial charge in [-0.2, -0.15) is 11.3 Å². The molecule has 0 N–H and O–H groups in total. The number of pyridine rings is 1. The Hall–Kier alpha value is -1.88. The molecule has 0 atom stereocenters. The lowest BCUT2D eigenvalue weighted by Crippen LogP contribution is -2.56. The molecule has 98 valence electrons. The van der Waals surface area contributed by atoms with Crippen LogP contribution in [-0.2, 0) is 11.2 Å². The topological polar surface area (TPSA) is 42.4 Å². The van der Waals surface area contributed by atoms with Crippen molar-refractivity contribution in [2.75, 3.05) is 13.1 Å². The van der Waals surface area contributed by atoms with E-state index < -0.39 is 0 Å². The van der Waals surface area contributed by atoms with Crippen LogP contribution >= 0.6 is 11.3 Å². The first-order valence-corrected chi connectivity index (χ1v) is 7.11. The van der Waals surface area contributed by atoms with Crippen molar-refractivity contribution in [3.8, 4) is 5.75 Å². The van der Waals surface area contributed by atoms with Crippen molar-refractivity contribution < 1.29 is 9.53 Å². The van der Waals surface area contributed by atoms with E-state index in [4.69, 9.17) is 4.74 Å². The van der Waals surface area contributed by atoms with E-state index >= 15 is 0 Å². The number of rotatable bonds is 4. The van der Waals surface area contributed by atoms with Crippen molar-refractivity contribution in [3.05, 3.63) is 46.9 Å². The van der Waals surface area contributed by atoms with Gasteiger partial charge in [-0.3, -0.25) is 9.78 Å². The van der Waals surface area contributed by atoms with E-state index in [0.717, 1.165) is 11.3 Å². The average molecular weight is 274 g/mol. The van der Waals surface area contributed by atoms with Crippen molar-refractivity contribution in [1.29, 1.82) is 0 Å².